The number of nitrogens with zero attached hydrogens (tertiary/aromatic N) is 2. The summed E-state index contributed by atoms with van der Waals surface area (Å²) in [5, 5.41) is 7.65. The molecule has 24 heavy (non-hydrogen) atoms. The number of nitrogens with one attached hydrogen (secondary N) is 1. The predicted molar refractivity (Wildman–Crippen MR) is 94.1 cm³/mol. The first kappa shape index (κ1) is 18.2. The van der Waals surface area contributed by atoms with Gasteiger partial charge in [0, 0.05) is 6.54 Å². The molecule has 0 unspecified atom stereocenters. The molecule has 130 valence electrons. The first-order valence-corrected chi connectivity index (χ1v) is 8.62. The maximum atomic E-state index is 13.2. The van der Waals surface area contributed by atoms with Crippen molar-refractivity contribution in [1.82, 2.24) is 15.1 Å². The molecule has 5 heteroatoms. The van der Waals surface area contributed by atoms with Crippen LogP contribution in [0.5, 0.6) is 0 Å². The maximum absolute atomic E-state index is 13.2. The molecule has 0 aliphatic carbocycles. The van der Waals surface area contributed by atoms with Crippen molar-refractivity contribution in [2.75, 3.05) is 6.54 Å². The van der Waals surface area contributed by atoms with Crippen LogP contribution in [0.15, 0.2) is 24.3 Å². The van der Waals surface area contributed by atoms with Crippen molar-refractivity contribution in [2.45, 2.75) is 47.0 Å². The number of hydrogen-bond donors (Lipinski definition) is 1. The van der Waals surface area contributed by atoms with Crippen LogP contribution < -0.4 is 5.32 Å². The lowest BCUT2D eigenvalue weighted by molar-refractivity contribution is 0.0947. The highest BCUT2D eigenvalue weighted by atomic mass is 19.1. The summed E-state index contributed by atoms with van der Waals surface area (Å²) in [5.74, 6) is 0.0331. The van der Waals surface area contributed by atoms with Crippen LogP contribution in [0.4, 0.5) is 4.39 Å². The second-order valence-electron chi connectivity index (χ2n) is 6.36. The highest BCUT2D eigenvalue weighted by Crippen LogP contribution is 2.21. The lowest BCUT2D eigenvalue weighted by Gasteiger charge is -2.10. The highest BCUT2D eigenvalue weighted by Gasteiger charge is 2.23. The summed E-state index contributed by atoms with van der Waals surface area (Å²) in [6, 6.07) is 6.20. The number of aryl methyl sites for hydroxylation is 1. The van der Waals surface area contributed by atoms with Crippen LogP contribution in [0.25, 0.3) is 5.69 Å². The van der Waals surface area contributed by atoms with Crippen LogP contribution in [0.3, 0.4) is 0 Å². The van der Waals surface area contributed by atoms with E-state index in [9.17, 15) is 9.18 Å². The van der Waals surface area contributed by atoms with Gasteiger partial charge in [-0.1, -0.05) is 34.1 Å². The number of halogens is 1. The van der Waals surface area contributed by atoms with Crippen molar-refractivity contribution in [3.63, 3.8) is 0 Å². The van der Waals surface area contributed by atoms with Crippen LogP contribution >= 0.6 is 0 Å². The molecule has 0 saturated carbocycles. The first-order chi connectivity index (χ1) is 11.5. The highest BCUT2D eigenvalue weighted by molar-refractivity contribution is 5.96. The lowest BCUT2D eigenvalue weighted by atomic mass is 10.1. The van der Waals surface area contributed by atoms with Crippen LogP contribution in [0, 0.1) is 11.7 Å². The molecule has 0 saturated heterocycles. The van der Waals surface area contributed by atoms with Crippen molar-refractivity contribution in [2.24, 2.45) is 5.92 Å². The third kappa shape index (κ3) is 4.02. The van der Waals surface area contributed by atoms with Crippen LogP contribution in [-0.4, -0.2) is 22.2 Å². The van der Waals surface area contributed by atoms with Gasteiger partial charge in [0.25, 0.3) is 5.91 Å². The third-order valence-corrected chi connectivity index (χ3v) is 3.84. The average molecular weight is 331 g/mol. The number of aromatic nitrogens is 2. The Kier molecular flexibility index (Phi) is 6.12. The zero-order chi connectivity index (χ0) is 17.7. The third-order valence-electron chi connectivity index (χ3n) is 3.84. The molecule has 1 heterocycles. The average Bonchev–Trinajstić information content (AvgIpc) is 2.92. The minimum Gasteiger partial charge on any atom is -0.352 e. The summed E-state index contributed by atoms with van der Waals surface area (Å²) in [6.07, 6.45) is 2.33. The van der Waals surface area contributed by atoms with E-state index in [0.717, 1.165) is 29.9 Å². The minimum atomic E-state index is -0.285. The molecule has 1 aromatic heterocycles. The molecular formula is C19H26FN3O. The van der Waals surface area contributed by atoms with Crippen LogP contribution in [0.2, 0.25) is 0 Å². The monoisotopic (exact) mass is 331 g/mol. The molecule has 0 bridgehead atoms. The molecule has 0 atom stereocenters. The van der Waals surface area contributed by atoms with Gasteiger partial charge in [-0.25, -0.2) is 9.07 Å². The predicted octanol–water partition coefficient (Wildman–Crippen LogP) is 3.91. The SMILES string of the molecule is CCCc1nn(-c2ccc(F)cc2)c(CC)c1C(=O)NCC(C)C. The Morgan fingerprint density at radius 3 is 2.46 bits per heavy atom. The molecule has 0 aliphatic rings. The number of amides is 1. The zero-order valence-corrected chi connectivity index (χ0v) is 14.9. The smallest absolute Gasteiger partial charge is 0.255 e. The molecule has 2 rings (SSSR count). The van der Waals surface area contributed by atoms with E-state index in [-0.39, 0.29) is 11.7 Å². The molecule has 0 spiro atoms. The Hall–Kier alpha value is -2.17. The normalized spacial score (nSPS) is 11.1. The summed E-state index contributed by atoms with van der Waals surface area (Å²) < 4.78 is 15.0. The Bertz CT molecular complexity index is 689. The molecular weight excluding hydrogens is 305 g/mol. The van der Waals surface area contributed by atoms with E-state index in [1.807, 2.05) is 6.92 Å². The van der Waals surface area contributed by atoms with Crippen molar-refractivity contribution < 1.29 is 9.18 Å². The standard InChI is InChI=1S/C19H26FN3O/c1-5-7-16-18(19(24)21-12-13(3)4)17(6-2)23(22-16)15-10-8-14(20)9-11-15/h8-11,13H,5-7,12H2,1-4H3,(H,21,24). The summed E-state index contributed by atoms with van der Waals surface area (Å²) in [6.45, 7) is 8.84. The molecule has 1 amide bonds. The van der Waals surface area contributed by atoms with E-state index in [1.165, 1.54) is 12.1 Å². The van der Waals surface area contributed by atoms with Crippen molar-refractivity contribution in [1.29, 1.82) is 0 Å². The van der Waals surface area contributed by atoms with E-state index in [1.54, 1.807) is 16.8 Å². The zero-order valence-electron chi connectivity index (χ0n) is 14.9. The van der Waals surface area contributed by atoms with Gasteiger partial charge in [-0.05, 0) is 43.0 Å². The molecule has 1 aromatic carbocycles. The molecule has 1 N–H and O–H groups in total. The maximum Gasteiger partial charge on any atom is 0.255 e. The second kappa shape index (κ2) is 8.08. The fraction of sp³-hybridized carbons (Fsp3) is 0.474. The van der Waals surface area contributed by atoms with E-state index in [2.05, 4.69) is 31.2 Å². The molecule has 0 aliphatic heterocycles. The Morgan fingerprint density at radius 1 is 1.25 bits per heavy atom. The van der Waals surface area contributed by atoms with Crippen molar-refractivity contribution >= 4 is 5.91 Å². The Labute approximate surface area is 143 Å². The number of rotatable bonds is 7. The van der Waals surface area contributed by atoms with Gasteiger partial charge >= 0.3 is 0 Å². The largest absolute Gasteiger partial charge is 0.352 e. The van der Waals surface area contributed by atoms with Gasteiger partial charge in [-0.15, -0.1) is 0 Å². The fourth-order valence-corrected chi connectivity index (χ4v) is 2.69. The van der Waals surface area contributed by atoms with Gasteiger partial charge < -0.3 is 5.32 Å². The first-order valence-electron chi connectivity index (χ1n) is 8.62. The molecule has 0 radical (unpaired) electrons. The summed E-state index contributed by atoms with van der Waals surface area (Å²) in [5.41, 5.74) is 3.11. The number of carbonyl (C=O) groups excluding carboxylic acids is 1. The van der Waals surface area contributed by atoms with Crippen LogP contribution in [-0.2, 0) is 12.8 Å². The Morgan fingerprint density at radius 2 is 1.92 bits per heavy atom. The van der Waals surface area contributed by atoms with E-state index in [0.29, 0.717) is 24.4 Å². The number of hydrogen-bond acceptors (Lipinski definition) is 2. The second-order valence-corrected chi connectivity index (χ2v) is 6.36. The molecule has 0 fully saturated rings. The number of benzene rings is 1. The Balaban J connectivity index is 2.47. The summed E-state index contributed by atoms with van der Waals surface area (Å²) in [4.78, 5) is 12.7. The van der Waals surface area contributed by atoms with Crippen molar-refractivity contribution in [3.8, 4) is 5.69 Å². The van der Waals surface area contributed by atoms with Gasteiger partial charge in [0.1, 0.15) is 5.82 Å². The fourth-order valence-electron chi connectivity index (χ4n) is 2.69. The molecule has 4 nitrogen and oxygen atoms in total. The van der Waals surface area contributed by atoms with Gasteiger partial charge in [-0.2, -0.15) is 5.10 Å². The molecule has 2 aromatic rings. The topological polar surface area (TPSA) is 46.9 Å². The summed E-state index contributed by atoms with van der Waals surface area (Å²) in [7, 11) is 0. The van der Waals surface area contributed by atoms with Gasteiger partial charge in [0.15, 0.2) is 0 Å². The van der Waals surface area contributed by atoms with Gasteiger partial charge in [0.2, 0.25) is 0 Å². The van der Waals surface area contributed by atoms with Crippen molar-refractivity contribution in [3.05, 3.63) is 47.0 Å². The minimum absolute atomic E-state index is 0.0719. The van der Waals surface area contributed by atoms with E-state index in [4.69, 9.17) is 0 Å². The lowest BCUT2D eigenvalue weighted by Crippen LogP contribution is -2.28. The number of carbonyl (C=O) groups is 1. The quantitative estimate of drug-likeness (QED) is 0.836. The van der Waals surface area contributed by atoms with Crippen LogP contribution in [0.1, 0.15) is 55.9 Å². The van der Waals surface area contributed by atoms with E-state index < -0.39 is 0 Å². The van der Waals surface area contributed by atoms with Gasteiger partial charge in [0.05, 0.1) is 22.6 Å². The van der Waals surface area contributed by atoms with E-state index >= 15 is 0 Å². The van der Waals surface area contributed by atoms with Gasteiger partial charge in [-0.3, -0.25) is 4.79 Å². The summed E-state index contributed by atoms with van der Waals surface area (Å²) >= 11 is 0.